The van der Waals surface area contributed by atoms with Crippen molar-refractivity contribution < 1.29 is 9.90 Å². The number of rotatable bonds is 3. The minimum absolute atomic E-state index is 0.117. The second-order valence-electron chi connectivity index (χ2n) is 7.59. The van der Waals surface area contributed by atoms with Crippen molar-refractivity contribution >= 4 is 5.97 Å². The summed E-state index contributed by atoms with van der Waals surface area (Å²) in [6.45, 7) is 3.41. The highest BCUT2D eigenvalue weighted by Crippen LogP contribution is 2.41. The molecule has 3 aliphatic rings. The molecule has 2 saturated carbocycles. The van der Waals surface area contributed by atoms with E-state index in [2.05, 4.69) is 11.8 Å². The van der Waals surface area contributed by atoms with E-state index in [0.717, 1.165) is 37.6 Å². The summed E-state index contributed by atoms with van der Waals surface area (Å²) in [6.07, 6.45) is 12.4. The van der Waals surface area contributed by atoms with Gasteiger partial charge in [0.15, 0.2) is 0 Å². The Balaban J connectivity index is 1.78. The number of nitrogens with zero attached hydrogens (tertiary/aromatic N) is 1. The number of likely N-dealkylation sites (tertiary alicyclic amines) is 1. The highest BCUT2D eigenvalue weighted by Gasteiger charge is 2.43. The molecule has 0 spiro atoms. The lowest BCUT2D eigenvalue weighted by Crippen LogP contribution is -2.56. The molecular weight excluding hydrogens is 262 g/mol. The van der Waals surface area contributed by atoms with Crippen LogP contribution in [0, 0.1) is 17.8 Å². The van der Waals surface area contributed by atoms with E-state index in [1.807, 2.05) is 0 Å². The number of hydrogen-bond donors (Lipinski definition) is 1. The van der Waals surface area contributed by atoms with Crippen LogP contribution < -0.4 is 0 Å². The molecule has 5 unspecified atom stereocenters. The fourth-order valence-electron chi connectivity index (χ4n) is 5.33. The van der Waals surface area contributed by atoms with Crippen molar-refractivity contribution in [2.75, 3.05) is 6.54 Å². The van der Waals surface area contributed by atoms with E-state index in [1.165, 1.54) is 44.9 Å². The molecule has 2 aliphatic carbocycles. The summed E-state index contributed by atoms with van der Waals surface area (Å²) in [5.74, 6) is 0.930. The predicted octanol–water partition coefficient (Wildman–Crippen LogP) is 3.92. The average molecular weight is 293 g/mol. The molecule has 1 N–H and O–H groups in total. The van der Waals surface area contributed by atoms with Crippen LogP contribution in [0.3, 0.4) is 0 Å². The van der Waals surface area contributed by atoms with Gasteiger partial charge in [-0.3, -0.25) is 9.69 Å². The van der Waals surface area contributed by atoms with Crippen molar-refractivity contribution in [3.05, 3.63) is 0 Å². The second kappa shape index (κ2) is 6.68. The fourth-order valence-corrected chi connectivity index (χ4v) is 5.33. The quantitative estimate of drug-likeness (QED) is 0.857. The molecule has 3 heteroatoms. The van der Waals surface area contributed by atoms with Gasteiger partial charge in [-0.2, -0.15) is 0 Å². The SMILES string of the molecule is CCC1CCC(C(=O)O)C(N2CCCC3CCCCC32)C1. The minimum atomic E-state index is -0.549. The Morgan fingerprint density at radius 2 is 1.81 bits per heavy atom. The first kappa shape index (κ1) is 15.3. The number of aliphatic carboxylic acids is 1. The molecule has 3 nitrogen and oxygen atoms in total. The van der Waals surface area contributed by atoms with Crippen LogP contribution in [0.25, 0.3) is 0 Å². The topological polar surface area (TPSA) is 40.5 Å². The maximum Gasteiger partial charge on any atom is 0.308 e. The summed E-state index contributed by atoms with van der Waals surface area (Å²) in [7, 11) is 0. The van der Waals surface area contributed by atoms with Gasteiger partial charge in [0.1, 0.15) is 0 Å². The Morgan fingerprint density at radius 1 is 1.05 bits per heavy atom. The van der Waals surface area contributed by atoms with Gasteiger partial charge in [0, 0.05) is 12.1 Å². The number of hydrogen-bond acceptors (Lipinski definition) is 2. The van der Waals surface area contributed by atoms with Crippen LogP contribution >= 0.6 is 0 Å². The molecule has 3 rings (SSSR count). The molecule has 1 heterocycles. The Hall–Kier alpha value is -0.570. The maximum absolute atomic E-state index is 11.7. The van der Waals surface area contributed by atoms with Crippen molar-refractivity contribution in [1.82, 2.24) is 4.90 Å². The van der Waals surface area contributed by atoms with Gasteiger partial charge >= 0.3 is 5.97 Å². The monoisotopic (exact) mass is 293 g/mol. The molecule has 0 bridgehead atoms. The van der Waals surface area contributed by atoms with Crippen LogP contribution in [0.1, 0.15) is 71.1 Å². The Morgan fingerprint density at radius 3 is 2.57 bits per heavy atom. The van der Waals surface area contributed by atoms with Gasteiger partial charge in [-0.1, -0.05) is 26.2 Å². The zero-order chi connectivity index (χ0) is 14.8. The maximum atomic E-state index is 11.7. The smallest absolute Gasteiger partial charge is 0.308 e. The third-order valence-electron chi connectivity index (χ3n) is 6.53. The van der Waals surface area contributed by atoms with Crippen molar-refractivity contribution in [2.24, 2.45) is 17.8 Å². The third kappa shape index (κ3) is 3.13. The molecule has 0 aromatic heterocycles. The van der Waals surface area contributed by atoms with Crippen LogP contribution in [0.15, 0.2) is 0 Å². The first-order valence-electron chi connectivity index (χ1n) is 9.19. The summed E-state index contributed by atoms with van der Waals surface area (Å²) in [6, 6.07) is 1.00. The highest BCUT2D eigenvalue weighted by molar-refractivity contribution is 5.71. The number of carbonyl (C=O) groups is 1. The van der Waals surface area contributed by atoms with E-state index >= 15 is 0 Å². The highest BCUT2D eigenvalue weighted by atomic mass is 16.4. The number of carboxylic acid groups (broad SMARTS) is 1. The molecule has 0 amide bonds. The summed E-state index contributed by atoms with van der Waals surface area (Å²) < 4.78 is 0. The Bertz CT molecular complexity index is 368. The lowest BCUT2D eigenvalue weighted by molar-refractivity contribution is -0.148. The molecule has 1 aliphatic heterocycles. The minimum Gasteiger partial charge on any atom is -0.481 e. The molecule has 21 heavy (non-hydrogen) atoms. The second-order valence-corrected chi connectivity index (χ2v) is 7.59. The van der Waals surface area contributed by atoms with Crippen LogP contribution in [0.5, 0.6) is 0 Å². The van der Waals surface area contributed by atoms with Crippen LogP contribution in [0.2, 0.25) is 0 Å². The van der Waals surface area contributed by atoms with Gasteiger partial charge < -0.3 is 5.11 Å². The molecule has 3 fully saturated rings. The number of fused-ring (bicyclic) bond motifs is 1. The first-order chi connectivity index (χ1) is 10.2. The van der Waals surface area contributed by atoms with Gasteiger partial charge in [-0.05, 0) is 63.3 Å². The summed E-state index contributed by atoms with van der Waals surface area (Å²) in [5, 5.41) is 9.67. The Kier molecular flexibility index (Phi) is 4.88. The largest absolute Gasteiger partial charge is 0.481 e. The molecule has 5 atom stereocenters. The normalized spacial score (nSPS) is 41.5. The summed E-state index contributed by atoms with van der Waals surface area (Å²) in [5.41, 5.74) is 0. The van der Waals surface area contributed by atoms with E-state index in [-0.39, 0.29) is 5.92 Å². The molecule has 0 aromatic rings. The van der Waals surface area contributed by atoms with E-state index in [9.17, 15) is 9.90 Å². The molecule has 120 valence electrons. The molecule has 1 saturated heterocycles. The number of carboxylic acids is 1. The zero-order valence-electron chi connectivity index (χ0n) is 13.5. The lowest BCUT2D eigenvalue weighted by atomic mass is 9.72. The van der Waals surface area contributed by atoms with E-state index in [1.54, 1.807) is 0 Å². The lowest BCUT2D eigenvalue weighted by Gasteiger charge is -2.51. The molecule has 0 radical (unpaired) electrons. The van der Waals surface area contributed by atoms with Crippen LogP contribution in [-0.2, 0) is 4.79 Å². The van der Waals surface area contributed by atoms with Gasteiger partial charge in [0.05, 0.1) is 5.92 Å². The summed E-state index contributed by atoms with van der Waals surface area (Å²) >= 11 is 0. The Labute approximate surface area is 129 Å². The molecular formula is C18H31NO2. The standard InChI is InChI=1S/C18H31NO2/c1-2-13-9-10-15(18(20)21)17(12-13)19-11-5-7-14-6-3-4-8-16(14)19/h13-17H,2-12H2,1H3,(H,20,21). The predicted molar refractivity (Wildman–Crippen MR) is 84.2 cm³/mol. The average Bonchev–Trinajstić information content (AvgIpc) is 2.53. The summed E-state index contributed by atoms with van der Waals surface area (Å²) in [4.78, 5) is 14.4. The van der Waals surface area contributed by atoms with Crippen LogP contribution in [0.4, 0.5) is 0 Å². The zero-order valence-corrected chi connectivity index (χ0v) is 13.5. The first-order valence-corrected chi connectivity index (χ1v) is 9.19. The van der Waals surface area contributed by atoms with Crippen molar-refractivity contribution in [1.29, 1.82) is 0 Å². The van der Waals surface area contributed by atoms with E-state index in [4.69, 9.17) is 0 Å². The van der Waals surface area contributed by atoms with Crippen molar-refractivity contribution in [3.8, 4) is 0 Å². The van der Waals surface area contributed by atoms with Gasteiger partial charge in [0.2, 0.25) is 0 Å². The molecule has 0 aromatic carbocycles. The number of piperidine rings is 1. The van der Waals surface area contributed by atoms with Crippen molar-refractivity contribution in [2.45, 2.75) is 83.2 Å². The van der Waals surface area contributed by atoms with E-state index < -0.39 is 5.97 Å². The van der Waals surface area contributed by atoms with Crippen LogP contribution in [-0.4, -0.2) is 34.6 Å². The van der Waals surface area contributed by atoms with Gasteiger partial charge in [0.25, 0.3) is 0 Å². The van der Waals surface area contributed by atoms with Gasteiger partial charge in [-0.25, -0.2) is 0 Å². The fraction of sp³-hybridized carbons (Fsp3) is 0.944. The van der Waals surface area contributed by atoms with E-state index in [0.29, 0.717) is 12.1 Å². The van der Waals surface area contributed by atoms with Crippen molar-refractivity contribution in [3.63, 3.8) is 0 Å². The van der Waals surface area contributed by atoms with Gasteiger partial charge in [-0.15, -0.1) is 0 Å². The third-order valence-corrected chi connectivity index (χ3v) is 6.53.